The Kier molecular flexibility index (Phi) is 5.56. The molecule has 0 spiro atoms. The molecule has 1 saturated heterocycles. The van der Waals surface area contributed by atoms with E-state index < -0.39 is 35.9 Å². The Balaban J connectivity index is 1.79. The van der Waals surface area contributed by atoms with E-state index in [1.807, 2.05) is 0 Å². The van der Waals surface area contributed by atoms with Crippen molar-refractivity contribution in [2.24, 2.45) is 0 Å². The topological polar surface area (TPSA) is 105 Å². The second-order valence-corrected chi connectivity index (χ2v) is 6.92. The number of rotatable bonds is 5. The normalized spacial score (nSPS) is 18.4. The first-order chi connectivity index (χ1) is 13.8. The number of ether oxygens (including phenoxy) is 1. The summed E-state index contributed by atoms with van der Waals surface area (Å²) in [5.74, 6) is -1.87. The van der Waals surface area contributed by atoms with Crippen molar-refractivity contribution in [2.75, 3.05) is 19.0 Å². The number of anilines is 1. The molecular formula is C20H18ClN3O5. The van der Waals surface area contributed by atoms with Gasteiger partial charge in [-0.1, -0.05) is 41.9 Å². The lowest BCUT2D eigenvalue weighted by atomic mass is 9.92. The summed E-state index contributed by atoms with van der Waals surface area (Å²) < 4.78 is 4.68. The molecule has 0 aliphatic carbocycles. The minimum atomic E-state index is -1.39. The van der Waals surface area contributed by atoms with Crippen LogP contribution >= 0.6 is 11.6 Å². The van der Waals surface area contributed by atoms with E-state index in [4.69, 9.17) is 11.6 Å². The van der Waals surface area contributed by atoms with E-state index in [-0.39, 0.29) is 11.3 Å². The van der Waals surface area contributed by atoms with Crippen LogP contribution in [0.4, 0.5) is 10.5 Å². The fraction of sp³-hybridized carbons (Fsp3) is 0.200. The monoisotopic (exact) mass is 415 g/mol. The van der Waals surface area contributed by atoms with E-state index in [2.05, 4.69) is 15.4 Å². The molecular weight excluding hydrogens is 398 g/mol. The van der Waals surface area contributed by atoms with Crippen molar-refractivity contribution in [2.45, 2.75) is 12.5 Å². The van der Waals surface area contributed by atoms with Crippen molar-refractivity contribution >= 4 is 41.1 Å². The molecule has 0 radical (unpaired) electrons. The maximum atomic E-state index is 12.9. The molecule has 3 rings (SSSR count). The summed E-state index contributed by atoms with van der Waals surface area (Å²) in [6, 6.07) is 12.2. The van der Waals surface area contributed by atoms with Gasteiger partial charge in [-0.15, -0.1) is 0 Å². The lowest BCUT2D eigenvalue weighted by molar-refractivity contribution is -0.133. The molecule has 9 heteroatoms. The number of nitrogens with zero attached hydrogens (tertiary/aromatic N) is 1. The molecule has 29 heavy (non-hydrogen) atoms. The van der Waals surface area contributed by atoms with Gasteiger partial charge in [0.1, 0.15) is 12.1 Å². The summed E-state index contributed by atoms with van der Waals surface area (Å²) in [7, 11) is 1.23. The predicted octanol–water partition coefficient (Wildman–Crippen LogP) is 2.53. The van der Waals surface area contributed by atoms with Crippen molar-refractivity contribution in [3.05, 3.63) is 64.7 Å². The van der Waals surface area contributed by atoms with E-state index in [0.29, 0.717) is 10.6 Å². The SMILES string of the molecule is COC(=O)c1ccccc1NC(=O)CN1C(=O)NC(C)(c2ccccc2Cl)C1=O. The van der Waals surface area contributed by atoms with E-state index in [1.165, 1.54) is 26.2 Å². The highest BCUT2D eigenvalue weighted by molar-refractivity contribution is 6.32. The van der Waals surface area contributed by atoms with Crippen LogP contribution in [0.25, 0.3) is 0 Å². The first-order valence-corrected chi connectivity index (χ1v) is 9.02. The highest BCUT2D eigenvalue weighted by Gasteiger charge is 2.50. The van der Waals surface area contributed by atoms with Gasteiger partial charge in [-0.05, 0) is 25.1 Å². The van der Waals surface area contributed by atoms with Gasteiger partial charge in [-0.3, -0.25) is 14.5 Å². The van der Waals surface area contributed by atoms with Gasteiger partial charge in [-0.2, -0.15) is 0 Å². The first kappa shape index (κ1) is 20.3. The van der Waals surface area contributed by atoms with Crippen molar-refractivity contribution < 1.29 is 23.9 Å². The summed E-state index contributed by atoms with van der Waals surface area (Å²) in [4.78, 5) is 50.4. The fourth-order valence-electron chi connectivity index (χ4n) is 3.10. The number of urea groups is 1. The molecule has 1 aliphatic rings. The molecule has 1 unspecified atom stereocenters. The molecule has 0 bridgehead atoms. The second-order valence-electron chi connectivity index (χ2n) is 6.51. The molecule has 1 fully saturated rings. The number of amides is 4. The molecule has 2 aromatic rings. The summed E-state index contributed by atoms with van der Waals surface area (Å²) >= 11 is 6.18. The number of hydrogen-bond donors (Lipinski definition) is 2. The van der Waals surface area contributed by atoms with Crippen molar-refractivity contribution in [1.82, 2.24) is 10.2 Å². The second kappa shape index (κ2) is 7.92. The predicted molar refractivity (Wildman–Crippen MR) is 105 cm³/mol. The van der Waals surface area contributed by atoms with Crippen LogP contribution in [0.2, 0.25) is 5.02 Å². The molecule has 1 heterocycles. The highest BCUT2D eigenvalue weighted by Crippen LogP contribution is 2.33. The van der Waals surface area contributed by atoms with Crippen LogP contribution in [0, 0.1) is 0 Å². The zero-order valence-corrected chi connectivity index (χ0v) is 16.4. The third-order valence-electron chi connectivity index (χ3n) is 4.60. The molecule has 150 valence electrons. The summed E-state index contributed by atoms with van der Waals surface area (Å²) in [6.45, 7) is 0.999. The van der Waals surface area contributed by atoms with Crippen LogP contribution in [0.1, 0.15) is 22.8 Å². The maximum Gasteiger partial charge on any atom is 0.339 e. The van der Waals surface area contributed by atoms with Crippen LogP contribution in [0.15, 0.2) is 48.5 Å². The number of esters is 1. The molecule has 4 amide bonds. The van der Waals surface area contributed by atoms with Gasteiger partial charge in [0.15, 0.2) is 0 Å². The molecule has 0 aromatic heterocycles. The number of carbonyl (C=O) groups excluding carboxylic acids is 4. The fourth-order valence-corrected chi connectivity index (χ4v) is 3.43. The standard InChI is InChI=1S/C20H18ClN3O5/c1-20(13-8-4-5-9-14(13)21)18(27)24(19(28)23-20)11-16(25)22-15-10-6-3-7-12(15)17(26)29-2/h3-10H,11H2,1-2H3,(H,22,25)(H,23,28). The van der Waals surface area contributed by atoms with Gasteiger partial charge >= 0.3 is 12.0 Å². The Morgan fingerprint density at radius 2 is 1.79 bits per heavy atom. The summed E-state index contributed by atoms with van der Waals surface area (Å²) in [5, 5.41) is 5.45. The van der Waals surface area contributed by atoms with E-state index in [0.717, 1.165) is 4.90 Å². The van der Waals surface area contributed by atoms with Gasteiger partial charge in [0.25, 0.3) is 5.91 Å². The molecule has 2 aromatic carbocycles. The van der Waals surface area contributed by atoms with Crippen LogP contribution in [0.3, 0.4) is 0 Å². The number of benzene rings is 2. The lowest BCUT2D eigenvalue weighted by Gasteiger charge is -2.23. The zero-order chi connectivity index (χ0) is 21.2. The number of hydrogen-bond acceptors (Lipinski definition) is 5. The van der Waals surface area contributed by atoms with Gasteiger partial charge in [-0.25, -0.2) is 9.59 Å². The number of para-hydroxylation sites is 1. The number of halogens is 1. The van der Waals surface area contributed by atoms with E-state index >= 15 is 0 Å². The number of carbonyl (C=O) groups is 4. The van der Waals surface area contributed by atoms with Crippen molar-refractivity contribution in [1.29, 1.82) is 0 Å². The Morgan fingerprint density at radius 3 is 2.48 bits per heavy atom. The number of nitrogens with one attached hydrogen (secondary N) is 2. The average molecular weight is 416 g/mol. The quantitative estimate of drug-likeness (QED) is 0.576. The largest absolute Gasteiger partial charge is 0.465 e. The average Bonchev–Trinajstić information content (AvgIpc) is 2.92. The van der Waals surface area contributed by atoms with E-state index in [1.54, 1.807) is 36.4 Å². The Labute approximate surface area is 171 Å². The molecule has 1 atom stereocenters. The van der Waals surface area contributed by atoms with Gasteiger partial charge < -0.3 is 15.4 Å². The Bertz CT molecular complexity index is 1010. The van der Waals surface area contributed by atoms with Gasteiger partial charge in [0, 0.05) is 10.6 Å². The summed E-state index contributed by atoms with van der Waals surface area (Å²) in [6.07, 6.45) is 0. The molecule has 2 N–H and O–H groups in total. The molecule has 1 aliphatic heterocycles. The van der Waals surface area contributed by atoms with Crippen molar-refractivity contribution in [3.8, 4) is 0 Å². The van der Waals surface area contributed by atoms with Crippen LogP contribution in [0.5, 0.6) is 0 Å². The third kappa shape index (κ3) is 3.79. The van der Waals surface area contributed by atoms with Gasteiger partial charge in [0.2, 0.25) is 5.91 Å². The number of imide groups is 1. The number of methoxy groups -OCH3 is 1. The Hall–Kier alpha value is -3.39. The van der Waals surface area contributed by atoms with Crippen molar-refractivity contribution in [3.63, 3.8) is 0 Å². The van der Waals surface area contributed by atoms with Crippen LogP contribution < -0.4 is 10.6 Å². The lowest BCUT2D eigenvalue weighted by Crippen LogP contribution is -2.42. The van der Waals surface area contributed by atoms with Crippen LogP contribution in [-0.2, 0) is 19.9 Å². The third-order valence-corrected chi connectivity index (χ3v) is 4.93. The zero-order valence-electron chi connectivity index (χ0n) is 15.7. The Morgan fingerprint density at radius 1 is 1.14 bits per heavy atom. The highest BCUT2D eigenvalue weighted by atomic mass is 35.5. The summed E-state index contributed by atoms with van der Waals surface area (Å²) in [5.41, 5.74) is -0.592. The van der Waals surface area contributed by atoms with Gasteiger partial charge in [0.05, 0.1) is 18.4 Å². The van der Waals surface area contributed by atoms with Crippen LogP contribution in [-0.4, -0.2) is 42.4 Å². The van der Waals surface area contributed by atoms with E-state index in [9.17, 15) is 19.2 Å². The first-order valence-electron chi connectivity index (χ1n) is 8.64. The molecule has 0 saturated carbocycles. The minimum Gasteiger partial charge on any atom is -0.465 e. The smallest absolute Gasteiger partial charge is 0.339 e. The molecule has 8 nitrogen and oxygen atoms in total. The maximum absolute atomic E-state index is 12.9. The minimum absolute atomic E-state index is 0.154.